The number of halogens is 4. The number of aryl methyl sites for hydroxylation is 3. The van der Waals surface area contributed by atoms with Crippen molar-refractivity contribution >= 4 is 63.2 Å². The molecule has 1 aliphatic carbocycles. The second-order valence-electron chi connectivity index (χ2n) is 8.38. The Kier molecular flexibility index (Phi) is 6.07. The van der Waals surface area contributed by atoms with Crippen molar-refractivity contribution in [2.24, 2.45) is 0 Å². The van der Waals surface area contributed by atoms with Crippen molar-refractivity contribution in [3.8, 4) is 22.5 Å². The Hall–Kier alpha value is -2.04. The van der Waals surface area contributed by atoms with Crippen LogP contribution in [-0.2, 0) is 0 Å². The van der Waals surface area contributed by atoms with Crippen molar-refractivity contribution in [3.05, 3.63) is 75.8 Å². The summed E-state index contributed by atoms with van der Waals surface area (Å²) < 4.78 is 6.35. The lowest BCUT2D eigenvalue weighted by atomic mass is 9.86. The van der Waals surface area contributed by atoms with E-state index in [1.807, 2.05) is 26.8 Å². The van der Waals surface area contributed by atoms with Gasteiger partial charge < -0.3 is 4.42 Å². The monoisotopic (exact) mass is 520 g/mol. The quantitative estimate of drug-likeness (QED) is 0.114. The molecule has 0 fully saturated rings. The largest absolute Gasteiger partial charge is 0.455 e. The number of carbonyl (C=O) groups is 1. The van der Waals surface area contributed by atoms with Crippen molar-refractivity contribution in [1.29, 1.82) is 0 Å². The lowest BCUT2D eigenvalue weighted by molar-refractivity contribution is 0.101. The molecule has 4 rings (SSSR count). The van der Waals surface area contributed by atoms with Crippen LogP contribution in [0.4, 0.5) is 0 Å². The SMILES string of the molecule is CC(=O)c1c(Cl)c(Cl)c(Cl)c(Cl)c1-c1c2cc(C)c(=O)c(C)c-2oc2c(C)c(C)c(C)cc12. The van der Waals surface area contributed by atoms with Gasteiger partial charge in [0.15, 0.2) is 11.2 Å². The van der Waals surface area contributed by atoms with Crippen molar-refractivity contribution in [1.82, 2.24) is 0 Å². The molecule has 1 heterocycles. The molecule has 0 saturated carbocycles. The first kappa shape index (κ1) is 24.1. The minimum Gasteiger partial charge on any atom is -0.455 e. The molecule has 0 unspecified atom stereocenters. The predicted octanol–water partition coefficient (Wildman–Crippen LogP) is 8.92. The normalized spacial score (nSPS) is 11.6. The summed E-state index contributed by atoms with van der Waals surface area (Å²) in [5, 5.41) is 0.954. The fourth-order valence-electron chi connectivity index (χ4n) is 4.35. The number of ketones is 1. The smallest absolute Gasteiger partial charge is 0.188 e. The topological polar surface area (TPSA) is 47.3 Å². The molecular formula is C26H20Cl4O3. The van der Waals surface area contributed by atoms with Gasteiger partial charge >= 0.3 is 0 Å². The van der Waals surface area contributed by atoms with Crippen LogP contribution in [0.5, 0.6) is 0 Å². The summed E-state index contributed by atoms with van der Waals surface area (Å²) in [6.07, 6.45) is 0. The van der Waals surface area contributed by atoms with Crippen LogP contribution < -0.4 is 5.43 Å². The molecule has 0 atom stereocenters. The summed E-state index contributed by atoms with van der Waals surface area (Å²) in [5.74, 6) is 0.110. The van der Waals surface area contributed by atoms with Gasteiger partial charge in [0, 0.05) is 33.2 Å². The van der Waals surface area contributed by atoms with Crippen LogP contribution in [0, 0.1) is 34.6 Å². The number of Topliss-reactive ketones (excluding diaryl/α,β-unsaturated/α-hetero) is 1. The fourth-order valence-corrected chi connectivity index (χ4v) is 5.43. The van der Waals surface area contributed by atoms with Crippen LogP contribution in [0.1, 0.15) is 45.1 Å². The Morgan fingerprint density at radius 3 is 1.97 bits per heavy atom. The van der Waals surface area contributed by atoms with E-state index in [0.29, 0.717) is 39.2 Å². The maximum atomic E-state index is 12.8. The van der Waals surface area contributed by atoms with Gasteiger partial charge in [0.2, 0.25) is 0 Å². The van der Waals surface area contributed by atoms with E-state index < -0.39 is 0 Å². The molecule has 0 amide bonds. The van der Waals surface area contributed by atoms with Gasteiger partial charge in [-0.05, 0) is 75.9 Å². The number of fused-ring (bicyclic) bond motifs is 2. The molecule has 1 aliphatic heterocycles. The molecular weight excluding hydrogens is 502 g/mol. The molecule has 0 spiro atoms. The van der Waals surface area contributed by atoms with Crippen LogP contribution in [-0.4, -0.2) is 5.78 Å². The number of rotatable bonds is 2. The van der Waals surface area contributed by atoms with Crippen LogP contribution in [0.2, 0.25) is 20.1 Å². The van der Waals surface area contributed by atoms with Gasteiger partial charge in [-0.25, -0.2) is 0 Å². The van der Waals surface area contributed by atoms with Gasteiger partial charge in [0.25, 0.3) is 0 Å². The van der Waals surface area contributed by atoms with Gasteiger partial charge in [-0.1, -0.05) is 46.4 Å². The van der Waals surface area contributed by atoms with Gasteiger partial charge in [-0.3, -0.25) is 9.59 Å². The van der Waals surface area contributed by atoms with E-state index in [1.54, 1.807) is 19.9 Å². The Morgan fingerprint density at radius 1 is 0.758 bits per heavy atom. The van der Waals surface area contributed by atoms with E-state index >= 15 is 0 Å². The van der Waals surface area contributed by atoms with Crippen molar-refractivity contribution in [3.63, 3.8) is 0 Å². The summed E-state index contributed by atoms with van der Waals surface area (Å²) >= 11 is 26.1. The molecule has 2 aromatic rings. The summed E-state index contributed by atoms with van der Waals surface area (Å²) in [5.41, 5.74) is 6.33. The van der Waals surface area contributed by atoms with Crippen LogP contribution >= 0.6 is 46.4 Å². The van der Waals surface area contributed by atoms with E-state index in [2.05, 4.69) is 0 Å². The molecule has 0 aromatic heterocycles. The van der Waals surface area contributed by atoms with E-state index in [9.17, 15) is 9.59 Å². The zero-order valence-corrected chi connectivity index (χ0v) is 21.9. The van der Waals surface area contributed by atoms with Crippen LogP contribution in [0.3, 0.4) is 0 Å². The molecule has 0 bridgehead atoms. The van der Waals surface area contributed by atoms with Gasteiger partial charge in [0.1, 0.15) is 11.3 Å². The maximum Gasteiger partial charge on any atom is 0.188 e. The molecule has 33 heavy (non-hydrogen) atoms. The first-order valence-electron chi connectivity index (χ1n) is 10.2. The number of hydrogen-bond donors (Lipinski definition) is 0. The standard InChI is InChI=1S/C26H20Cl4O3/c1-9-7-15-18(19-17(14(6)31)20(27)22(29)23(30)21(19)28)16-8-10(2)24(32)13(5)26(16)33-25(15)12(4)11(9)3/h7-8H,1-6H3. The molecule has 0 radical (unpaired) electrons. The number of hydrogen-bond acceptors (Lipinski definition) is 3. The highest BCUT2D eigenvalue weighted by Gasteiger charge is 2.30. The first-order valence-corrected chi connectivity index (χ1v) is 11.7. The Balaban J connectivity index is 2.43. The molecule has 0 N–H and O–H groups in total. The fraction of sp³-hybridized carbons (Fsp3) is 0.231. The first-order chi connectivity index (χ1) is 15.4. The lowest BCUT2D eigenvalue weighted by Gasteiger charge is -2.23. The van der Waals surface area contributed by atoms with Crippen LogP contribution in [0.25, 0.3) is 33.4 Å². The third-order valence-corrected chi connectivity index (χ3v) is 8.16. The number of carbonyl (C=O) groups excluding carboxylic acids is 1. The molecule has 170 valence electrons. The van der Waals surface area contributed by atoms with Crippen molar-refractivity contribution in [2.45, 2.75) is 41.5 Å². The zero-order valence-electron chi connectivity index (χ0n) is 18.9. The van der Waals surface area contributed by atoms with Gasteiger partial charge in [0.05, 0.1) is 20.1 Å². The molecule has 2 aliphatic rings. The van der Waals surface area contributed by atoms with Crippen LogP contribution in [0.15, 0.2) is 21.3 Å². The third kappa shape index (κ3) is 3.49. The molecule has 2 aromatic carbocycles. The highest BCUT2D eigenvalue weighted by atomic mass is 35.5. The Bertz CT molecular complexity index is 1550. The zero-order chi connectivity index (χ0) is 24.5. The van der Waals surface area contributed by atoms with E-state index in [-0.39, 0.29) is 36.9 Å². The summed E-state index contributed by atoms with van der Waals surface area (Å²) in [6.45, 7) is 10.8. The average Bonchev–Trinajstić information content (AvgIpc) is 2.76. The summed E-state index contributed by atoms with van der Waals surface area (Å²) in [6, 6.07) is 3.74. The van der Waals surface area contributed by atoms with E-state index in [4.69, 9.17) is 50.8 Å². The Labute approximate surface area is 211 Å². The lowest BCUT2D eigenvalue weighted by Crippen LogP contribution is -2.12. The molecule has 3 nitrogen and oxygen atoms in total. The minimum absolute atomic E-state index is 0.0175. The maximum absolute atomic E-state index is 12.8. The molecule has 7 heteroatoms. The Morgan fingerprint density at radius 2 is 1.36 bits per heavy atom. The number of benzene rings is 3. The van der Waals surface area contributed by atoms with Crippen molar-refractivity contribution in [2.75, 3.05) is 0 Å². The van der Waals surface area contributed by atoms with Gasteiger partial charge in [-0.2, -0.15) is 0 Å². The average molecular weight is 522 g/mol. The third-order valence-electron chi connectivity index (χ3n) is 6.36. The minimum atomic E-state index is -0.313. The van der Waals surface area contributed by atoms with Gasteiger partial charge in [-0.15, -0.1) is 0 Å². The second-order valence-corrected chi connectivity index (χ2v) is 9.90. The predicted molar refractivity (Wildman–Crippen MR) is 138 cm³/mol. The summed E-state index contributed by atoms with van der Waals surface area (Å²) in [4.78, 5) is 25.6. The highest BCUT2D eigenvalue weighted by Crippen LogP contribution is 2.51. The van der Waals surface area contributed by atoms with E-state index in [1.165, 1.54) is 6.92 Å². The second kappa shape index (κ2) is 8.32. The van der Waals surface area contributed by atoms with Crippen molar-refractivity contribution < 1.29 is 9.21 Å². The molecule has 0 saturated heterocycles. The summed E-state index contributed by atoms with van der Waals surface area (Å²) in [7, 11) is 0. The highest BCUT2D eigenvalue weighted by molar-refractivity contribution is 6.54. The van der Waals surface area contributed by atoms with E-state index in [0.717, 1.165) is 22.1 Å².